The summed E-state index contributed by atoms with van der Waals surface area (Å²) in [5, 5.41) is 0. The fraction of sp³-hybridized carbons (Fsp3) is 0.818. The molecule has 0 saturated carbocycles. The Morgan fingerprint density at radius 2 is 1.44 bits per heavy atom. The summed E-state index contributed by atoms with van der Waals surface area (Å²) in [7, 11) is 2.01. The molecule has 1 rings (SSSR count). The molecule has 92 valence electrons. The summed E-state index contributed by atoms with van der Waals surface area (Å²) in [5.41, 5.74) is 0. The summed E-state index contributed by atoms with van der Waals surface area (Å²) in [5.74, 6) is -0.0110. The van der Waals surface area contributed by atoms with Crippen molar-refractivity contribution in [3.05, 3.63) is 0 Å². The first kappa shape index (κ1) is 13.0. The number of likely N-dealkylation sites (tertiary alicyclic amines) is 1. The summed E-state index contributed by atoms with van der Waals surface area (Å²) >= 11 is 0. The van der Waals surface area contributed by atoms with Crippen LogP contribution in [0.1, 0.15) is 13.8 Å². The van der Waals surface area contributed by atoms with Crippen molar-refractivity contribution in [1.82, 2.24) is 4.90 Å². The molecule has 2 atom stereocenters. The molecule has 0 bridgehead atoms. The van der Waals surface area contributed by atoms with Gasteiger partial charge in [-0.3, -0.25) is 9.59 Å². The molecule has 0 radical (unpaired) electrons. The first-order valence-electron chi connectivity index (χ1n) is 5.44. The van der Waals surface area contributed by atoms with E-state index in [1.165, 1.54) is 13.8 Å². The lowest BCUT2D eigenvalue weighted by Crippen LogP contribution is -2.24. The Kier molecular flexibility index (Phi) is 4.73. The third-order valence-corrected chi connectivity index (χ3v) is 2.76. The Morgan fingerprint density at radius 3 is 1.75 bits per heavy atom. The summed E-state index contributed by atoms with van der Waals surface area (Å²) in [6.07, 6.45) is 0. The van der Waals surface area contributed by atoms with Gasteiger partial charge < -0.3 is 14.4 Å². The van der Waals surface area contributed by atoms with E-state index in [1.807, 2.05) is 7.05 Å². The summed E-state index contributed by atoms with van der Waals surface area (Å²) in [4.78, 5) is 23.6. The molecule has 1 aliphatic heterocycles. The maximum Gasteiger partial charge on any atom is 0.302 e. The molecule has 0 aromatic carbocycles. The van der Waals surface area contributed by atoms with Gasteiger partial charge in [-0.05, 0) is 7.05 Å². The maximum absolute atomic E-state index is 10.7. The molecule has 0 aromatic heterocycles. The molecule has 16 heavy (non-hydrogen) atoms. The van der Waals surface area contributed by atoms with E-state index in [0.717, 1.165) is 13.1 Å². The zero-order valence-electron chi connectivity index (χ0n) is 10.1. The molecule has 0 amide bonds. The molecule has 1 heterocycles. The van der Waals surface area contributed by atoms with Gasteiger partial charge in [0.25, 0.3) is 0 Å². The fourth-order valence-electron chi connectivity index (χ4n) is 2.00. The van der Waals surface area contributed by atoms with E-state index >= 15 is 0 Å². The maximum atomic E-state index is 10.7. The number of rotatable bonds is 4. The molecule has 0 N–H and O–H groups in total. The fourth-order valence-corrected chi connectivity index (χ4v) is 2.00. The molecule has 1 aliphatic rings. The lowest BCUT2D eigenvalue weighted by atomic mass is 9.98. The predicted molar refractivity (Wildman–Crippen MR) is 57.7 cm³/mol. The highest BCUT2D eigenvalue weighted by Gasteiger charge is 2.32. The number of hydrogen-bond donors (Lipinski definition) is 0. The molecule has 5 heteroatoms. The minimum atomic E-state index is -0.263. The topological polar surface area (TPSA) is 55.8 Å². The van der Waals surface area contributed by atoms with Crippen LogP contribution in [0, 0.1) is 11.8 Å². The SMILES string of the molecule is CC(=O)OC[C@@H]1CN(C)C[C@@H]1COC(C)=O. The lowest BCUT2D eigenvalue weighted by molar-refractivity contribution is -0.146. The van der Waals surface area contributed by atoms with E-state index in [1.54, 1.807) is 0 Å². The van der Waals surface area contributed by atoms with Crippen LogP contribution in [0.3, 0.4) is 0 Å². The highest BCUT2D eigenvalue weighted by Crippen LogP contribution is 2.22. The van der Waals surface area contributed by atoms with Crippen LogP contribution in [0.5, 0.6) is 0 Å². The Bertz CT molecular complexity index is 241. The molecule has 0 aliphatic carbocycles. The van der Waals surface area contributed by atoms with Crippen molar-refractivity contribution >= 4 is 11.9 Å². The molecule has 5 nitrogen and oxygen atoms in total. The average molecular weight is 229 g/mol. The van der Waals surface area contributed by atoms with Gasteiger partial charge in [0.1, 0.15) is 0 Å². The second kappa shape index (κ2) is 5.84. The van der Waals surface area contributed by atoms with E-state index in [2.05, 4.69) is 4.90 Å². The Morgan fingerprint density at radius 1 is 1.06 bits per heavy atom. The van der Waals surface area contributed by atoms with Crippen molar-refractivity contribution in [2.75, 3.05) is 33.4 Å². The van der Waals surface area contributed by atoms with Crippen LogP contribution in [0.25, 0.3) is 0 Å². The second-order valence-corrected chi connectivity index (χ2v) is 4.35. The van der Waals surface area contributed by atoms with Gasteiger partial charge in [0.2, 0.25) is 0 Å². The molecular formula is C11H19NO4. The Labute approximate surface area is 95.7 Å². The molecular weight excluding hydrogens is 210 g/mol. The number of hydrogen-bond acceptors (Lipinski definition) is 5. The zero-order chi connectivity index (χ0) is 12.1. The molecule has 0 aromatic rings. The van der Waals surface area contributed by atoms with Gasteiger partial charge >= 0.3 is 11.9 Å². The van der Waals surface area contributed by atoms with Gasteiger partial charge in [0.05, 0.1) is 13.2 Å². The average Bonchev–Trinajstić information content (AvgIpc) is 2.52. The summed E-state index contributed by atoms with van der Waals surface area (Å²) in [6.45, 7) is 5.37. The van der Waals surface area contributed by atoms with Gasteiger partial charge in [-0.25, -0.2) is 0 Å². The number of esters is 2. The van der Waals surface area contributed by atoms with Crippen molar-refractivity contribution in [2.45, 2.75) is 13.8 Å². The van der Waals surface area contributed by atoms with Crippen molar-refractivity contribution < 1.29 is 19.1 Å². The quantitative estimate of drug-likeness (QED) is 0.649. The smallest absolute Gasteiger partial charge is 0.302 e. The van der Waals surface area contributed by atoms with Crippen LogP contribution in [0.4, 0.5) is 0 Å². The highest BCUT2D eigenvalue weighted by molar-refractivity contribution is 5.66. The molecule has 0 spiro atoms. The van der Waals surface area contributed by atoms with Gasteiger partial charge in [-0.1, -0.05) is 0 Å². The molecule has 1 saturated heterocycles. The van der Waals surface area contributed by atoms with Crippen molar-refractivity contribution in [2.24, 2.45) is 11.8 Å². The zero-order valence-corrected chi connectivity index (χ0v) is 10.1. The van der Waals surface area contributed by atoms with Crippen LogP contribution in [0.15, 0.2) is 0 Å². The minimum Gasteiger partial charge on any atom is -0.466 e. The number of ether oxygens (including phenoxy) is 2. The third-order valence-electron chi connectivity index (χ3n) is 2.76. The van der Waals surface area contributed by atoms with Gasteiger partial charge in [-0.2, -0.15) is 0 Å². The molecule has 0 unspecified atom stereocenters. The van der Waals surface area contributed by atoms with E-state index in [4.69, 9.17) is 9.47 Å². The van der Waals surface area contributed by atoms with Gasteiger partial charge in [-0.15, -0.1) is 0 Å². The standard InChI is InChI=1S/C11H19NO4/c1-8(13)15-6-10-4-12(3)5-11(10)7-16-9(2)14/h10-11H,4-7H2,1-3H3/t10-,11+. The summed E-state index contributed by atoms with van der Waals surface area (Å²) < 4.78 is 10.0. The number of nitrogens with zero attached hydrogens (tertiary/aromatic N) is 1. The third kappa shape index (κ3) is 4.18. The van der Waals surface area contributed by atoms with Crippen molar-refractivity contribution in [3.8, 4) is 0 Å². The van der Waals surface area contributed by atoms with Crippen molar-refractivity contribution in [3.63, 3.8) is 0 Å². The first-order chi connectivity index (χ1) is 7.49. The predicted octanol–water partition coefficient (Wildman–Crippen LogP) is 0.290. The highest BCUT2D eigenvalue weighted by atomic mass is 16.5. The van der Waals surface area contributed by atoms with E-state index in [0.29, 0.717) is 13.2 Å². The van der Waals surface area contributed by atoms with E-state index < -0.39 is 0 Å². The Hall–Kier alpha value is -1.10. The van der Waals surface area contributed by atoms with Crippen LogP contribution >= 0.6 is 0 Å². The number of carbonyl (C=O) groups is 2. The van der Waals surface area contributed by atoms with E-state index in [9.17, 15) is 9.59 Å². The number of carbonyl (C=O) groups excluding carboxylic acids is 2. The summed E-state index contributed by atoms with van der Waals surface area (Å²) in [6, 6.07) is 0. The van der Waals surface area contributed by atoms with Crippen LogP contribution in [-0.4, -0.2) is 50.2 Å². The lowest BCUT2D eigenvalue weighted by Gasteiger charge is -2.17. The van der Waals surface area contributed by atoms with Gasteiger partial charge in [0, 0.05) is 38.8 Å². The monoisotopic (exact) mass is 229 g/mol. The van der Waals surface area contributed by atoms with E-state index in [-0.39, 0.29) is 23.8 Å². The van der Waals surface area contributed by atoms with Gasteiger partial charge in [0.15, 0.2) is 0 Å². The normalized spacial score (nSPS) is 25.4. The van der Waals surface area contributed by atoms with Crippen LogP contribution in [0.2, 0.25) is 0 Å². The second-order valence-electron chi connectivity index (χ2n) is 4.35. The minimum absolute atomic E-state index is 0.258. The van der Waals surface area contributed by atoms with Crippen LogP contribution < -0.4 is 0 Å². The largest absolute Gasteiger partial charge is 0.466 e. The van der Waals surface area contributed by atoms with Crippen molar-refractivity contribution in [1.29, 1.82) is 0 Å². The first-order valence-corrected chi connectivity index (χ1v) is 5.44. The van der Waals surface area contributed by atoms with Crippen LogP contribution in [-0.2, 0) is 19.1 Å². The molecule has 1 fully saturated rings. The Balaban J connectivity index is 2.39.